The molecule has 0 aliphatic rings. The van der Waals surface area contributed by atoms with Gasteiger partial charge >= 0.3 is 0 Å². The second kappa shape index (κ2) is 7.67. The summed E-state index contributed by atoms with van der Waals surface area (Å²) in [5.74, 6) is 1.69. The van der Waals surface area contributed by atoms with Gasteiger partial charge in [0.05, 0.1) is 36.2 Å². The third-order valence-corrected chi connectivity index (χ3v) is 8.48. The van der Waals surface area contributed by atoms with Gasteiger partial charge in [-0.2, -0.15) is 0 Å². The Morgan fingerprint density at radius 3 is 2.20 bits per heavy atom. The number of rotatable bonds is 3. The van der Waals surface area contributed by atoms with Gasteiger partial charge in [-0.3, -0.25) is 0 Å². The van der Waals surface area contributed by atoms with Crippen LogP contribution in [0, 0.1) is 0 Å². The molecule has 0 aliphatic carbocycles. The van der Waals surface area contributed by atoms with Crippen molar-refractivity contribution in [2.75, 3.05) is 14.2 Å². The number of benzene rings is 6. The Bertz CT molecular complexity index is 2450. The van der Waals surface area contributed by atoms with E-state index in [0.29, 0.717) is 0 Å². The molecule has 0 aliphatic heterocycles. The summed E-state index contributed by atoms with van der Waals surface area (Å²) >= 11 is 0. The molecule has 0 saturated carbocycles. The molecule has 4 nitrogen and oxygen atoms in total. The number of nitrogens with zero attached hydrogens (tertiary/aromatic N) is 1. The van der Waals surface area contributed by atoms with E-state index in [-0.39, 0.29) is 0 Å². The molecule has 0 spiro atoms. The number of hydrogen-bond acceptors (Lipinski definition) is 3. The molecule has 0 amide bonds. The quantitative estimate of drug-likeness (QED) is 0.234. The molecule has 6 aromatic carbocycles. The van der Waals surface area contributed by atoms with Crippen molar-refractivity contribution in [1.29, 1.82) is 0 Å². The van der Waals surface area contributed by atoms with Gasteiger partial charge in [0.2, 0.25) is 0 Å². The molecule has 0 radical (unpaired) electrons. The fraction of sp³-hybridized carbons (Fsp3) is 0.0556. The van der Waals surface area contributed by atoms with Crippen LogP contribution >= 0.6 is 0 Å². The largest absolute Gasteiger partial charge is 0.497 e. The molecular weight excluding hydrogens is 494 g/mol. The molecule has 0 unspecified atom stereocenters. The van der Waals surface area contributed by atoms with Gasteiger partial charge in [0.25, 0.3) is 0 Å². The molecule has 0 N–H and O–H groups in total. The van der Waals surface area contributed by atoms with E-state index in [0.717, 1.165) is 44.2 Å². The third kappa shape index (κ3) is 2.75. The monoisotopic (exact) mass is 517 g/mol. The fourth-order valence-electron chi connectivity index (χ4n) is 6.63. The first-order chi connectivity index (χ1) is 19.7. The molecular formula is C36H23NO3. The van der Waals surface area contributed by atoms with Crippen LogP contribution < -0.4 is 9.47 Å². The van der Waals surface area contributed by atoms with E-state index in [1.54, 1.807) is 14.2 Å². The van der Waals surface area contributed by atoms with E-state index >= 15 is 0 Å². The van der Waals surface area contributed by atoms with E-state index in [2.05, 4.69) is 95.4 Å². The summed E-state index contributed by atoms with van der Waals surface area (Å²) in [7, 11) is 3.43. The van der Waals surface area contributed by atoms with Crippen LogP contribution in [0.3, 0.4) is 0 Å². The summed E-state index contributed by atoms with van der Waals surface area (Å²) in [6.07, 6.45) is 0. The average Bonchev–Trinajstić information content (AvgIpc) is 3.64. The Balaban J connectivity index is 1.39. The first kappa shape index (κ1) is 21.7. The average molecular weight is 518 g/mol. The summed E-state index contributed by atoms with van der Waals surface area (Å²) in [5, 5.41) is 9.34. The Hall–Kier alpha value is -5.22. The van der Waals surface area contributed by atoms with Gasteiger partial charge in [-0.25, -0.2) is 0 Å². The zero-order valence-corrected chi connectivity index (χ0v) is 22.0. The topological polar surface area (TPSA) is 36.0 Å². The molecule has 0 bridgehead atoms. The zero-order valence-electron chi connectivity index (χ0n) is 22.0. The molecule has 0 saturated heterocycles. The Kier molecular flexibility index (Phi) is 4.16. The van der Waals surface area contributed by atoms with Crippen LogP contribution in [0.2, 0.25) is 0 Å². The number of methoxy groups -OCH3 is 2. The predicted octanol–water partition coefficient (Wildman–Crippen LogP) is 9.57. The van der Waals surface area contributed by atoms with Crippen molar-refractivity contribution in [3.8, 4) is 22.6 Å². The van der Waals surface area contributed by atoms with E-state index in [9.17, 15) is 0 Å². The molecule has 9 aromatic rings. The lowest BCUT2D eigenvalue weighted by molar-refractivity contribution is 0.414. The number of ether oxygens (including phenoxy) is 2. The fourth-order valence-corrected chi connectivity index (χ4v) is 6.63. The predicted molar refractivity (Wildman–Crippen MR) is 164 cm³/mol. The second-order valence-corrected chi connectivity index (χ2v) is 10.5. The minimum absolute atomic E-state index is 0.793. The van der Waals surface area contributed by atoms with E-state index < -0.39 is 0 Å². The van der Waals surface area contributed by atoms with Gasteiger partial charge in [-0.15, -0.1) is 0 Å². The minimum atomic E-state index is 0.793. The maximum absolute atomic E-state index is 6.26. The Labute approximate surface area is 228 Å². The Morgan fingerprint density at radius 1 is 0.550 bits per heavy atom. The van der Waals surface area contributed by atoms with Crippen molar-refractivity contribution in [3.05, 3.63) is 103 Å². The molecule has 40 heavy (non-hydrogen) atoms. The highest BCUT2D eigenvalue weighted by Crippen LogP contribution is 2.45. The highest BCUT2D eigenvalue weighted by molar-refractivity contribution is 6.27. The van der Waals surface area contributed by atoms with Crippen molar-refractivity contribution in [1.82, 2.24) is 4.40 Å². The highest BCUT2D eigenvalue weighted by Gasteiger charge is 2.21. The van der Waals surface area contributed by atoms with Crippen LogP contribution in [-0.4, -0.2) is 18.6 Å². The first-order valence-corrected chi connectivity index (χ1v) is 13.4. The summed E-state index contributed by atoms with van der Waals surface area (Å²) in [6, 6.07) is 36.7. The van der Waals surface area contributed by atoms with Crippen molar-refractivity contribution in [3.63, 3.8) is 0 Å². The maximum Gasteiger partial charge on any atom is 0.139 e. The zero-order chi connectivity index (χ0) is 26.5. The maximum atomic E-state index is 6.26. The van der Waals surface area contributed by atoms with Crippen LogP contribution in [0.4, 0.5) is 0 Å². The van der Waals surface area contributed by atoms with E-state index in [1.165, 1.54) is 49.2 Å². The van der Waals surface area contributed by atoms with Crippen molar-refractivity contribution in [2.24, 2.45) is 0 Å². The molecule has 0 atom stereocenters. The molecule has 190 valence electrons. The Morgan fingerprint density at radius 2 is 1.35 bits per heavy atom. The van der Waals surface area contributed by atoms with Crippen LogP contribution in [0.5, 0.6) is 11.5 Å². The van der Waals surface area contributed by atoms with Gasteiger partial charge < -0.3 is 18.3 Å². The lowest BCUT2D eigenvalue weighted by atomic mass is 10.0. The normalized spacial score (nSPS) is 12.2. The van der Waals surface area contributed by atoms with Crippen LogP contribution in [0.1, 0.15) is 0 Å². The van der Waals surface area contributed by atoms with Crippen LogP contribution in [0.25, 0.3) is 81.9 Å². The second-order valence-electron chi connectivity index (χ2n) is 10.5. The molecule has 0 fully saturated rings. The molecule has 9 rings (SSSR count). The SMILES string of the molecule is COc1ccc2c(c1)oc1cc3cc4c5ccc(OC)c6c7cc(-c8ccccc8)ccc7n(c4cc3cc12)c56. The molecule has 4 heteroatoms. The number of furan rings is 1. The third-order valence-electron chi connectivity index (χ3n) is 8.48. The van der Waals surface area contributed by atoms with Gasteiger partial charge in [-0.05, 0) is 82.6 Å². The lowest BCUT2D eigenvalue weighted by Crippen LogP contribution is -1.84. The van der Waals surface area contributed by atoms with Gasteiger partial charge in [-0.1, -0.05) is 36.4 Å². The highest BCUT2D eigenvalue weighted by atomic mass is 16.5. The molecule has 3 heterocycles. The van der Waals surface area contributed by atoms with Gasteiger partial charge in [0, 0.05) is 33.0 Å². The standard InChI is InChI=1S/C36H23NO3/c1-38-24-9-10-25-28-16-22-17-31-27(15-23(22)18-33(28)40-34(25)19-24)26-11-13-32(39-2)35-29-14-21(20-6-4-3-5-7-20)8-12-30(29)37(31)36(26)35/h3-19H,1-2H3. The van der Waals surface area contributed by atoms with E-state index in [1.807, 2.05) is 12.1 Å². The lowest BCUT2D eigenvalue weighted by Gasteiger charge is -2.06. The number of hydrogen-bond donors (Lipinski definition) is 0. The molecule has 3 aromatic heterocycles. The summed E-state index contributed by atoms with van der Waals surface area (Å²) < 4.78 is 20.0. The van der Waals surface area contributed by atoms with Crippen LogP contribution in [-0.2, 0) is 0 Å². The number of aromatic nitrogens is 1. The van der Waals surface area contributed by atoms with Crippen LogP contribution in [0.15, 0.2) is 108 Å². The van der Waals surface area contributed by atoms with E-state index in [4.69, 9.17) is 13.9 Å². The summed E-state index contributed by atoms with van der Waals surface area (Å²) in [4.78, 5) is 0. The van der Waals surface area contributed by atoms with Crippen molar-refractivity contribution >= 4 is 70.8 Å². The van der Waals surface area contributed by atoms with Crippen molar-refractivity contribution < 1.29 is 13.9 Å². The summed E-state index contributed by atoms with van der Waals surface area (Å²) in [5.41, 5.74) is 7.69. The number of fused-ring (bicyclic) bond motifs is 10. The minimum Gasteiger partial charge on any atom is -0.497 e. The van der Waals surface area contributed by atoms with Crippen molar-refractivity contribution in [2.45, 2.75) is 0 Å². The van der Waals surface area contributed by atoms with Gasteiger partial charge in [0.15, 0.2) is 0 Å². The smallest absolute Gasteiger partial charge is 0.139 e. The summed E-state index contributed by atoms with van der Waals surface area (Å²) in [6.45, 7) is 0. The first-order valence-electron chi connectivity index (χ1n) is 13.4. The van der Waals surface area contributed by atoms with Gasteiger partial charge in [0.1, 0.15) is 22.7 Å².